The summed E-state index contributed by atoms with van der Waals surface area (Å²) < 4.78 is 5.05. The number of nitrogens with zero attached hydrogens (tertiary/aromatic N) is 1. The summed E-state index contributed by atoms with van der Waals surface area (Å²) in [5.74, 6) is -0.207. The van der Waals surface area contributed by atoms with Crippen LogP contribution < -0.4 is 10.6 Å². The molecule has 1 heterocycles. The van der Waals surface area contributed by atoms with Gasteiger partial charge in [0.1, 0.15) is 6.61 Å². The van der Waals surface area contributed by atoms with E-state index in [9.17, 15) is 9.59 Å². The van der Waals surface area contributed by atoms with Crippen LogP contribution in [0.15, 0.2) is 54.9 Å². The fourth-order valence-corrected chi connectivity index (χ4v) is 1.72. The zero-order valence-electron chi connectivity index (χ0n) is 12.0. The first kappa shape index (κ1) is 15.5. The van der Waals surface area contributed by atoms with Crippen LogP contribution in [0.4, 0.5) is 4.79 Å². The Morgan fingerprint density at radius 1 is 0.955 bits per heavy atom. The van der Waals surface area contributed by atoms with Crippen molar-refractivity contribution in [1.29, 1.82) is 0 Å². The van der Waals surface area contributed by atoms with Gasteiger partial charge in [-0.3, -0.25) is 9.78 Å². The van der Waals surface area contributed by atoms with Crippen LogP contribution in [0, 0.1) is 0 Å². The van der Waals surface area contributed by atoms with Gasteiger partial charge in [-0.15, -0.1) is 0 Å². The lowest BCUT2D eigenvalue weighted by Gasteiger charge is -2.08. The van der Waals surface area contributed by atoms with Crippen LogP contribution in [0.5, 0.6) is 0 Å². The van der Waals surface area contributed by atoms with E-state index in [0.717, 1.165) is 5.56 Å². The molecule has 6 heteroatoms. The molecule has 0 saturated carbocycles. The van der Waals surface area contributed by atoms with E-state index in [1.807, 2.05) is 30.3 Å². The molecule has 0 saturated heterocycles. The maximum absolute atomic E-state index is 11.7. The second kappa shape index (κ2) is 8.41. The lowest BCUT2D eigenvalue weighted by Crippen LogP contribution is -2.34. The van der Waals surface area contributed by atoms with E-state index in [0.29, 0.717) is 18.7 Å². The maximum Gasteiger partial charge on any atom is 0.407 e. The third-order valence-corrected chi connectivity index (χ3v) is 2.84. The predicted octanol–water partition coefficient (Wildman–Crippen LogP) is 1.74. The SMILES string of the molecule is O=C(NCCNC(=O)c1ccncc1)OCc1ccccc1. The van der Waals surface area contributed by atoms with Gasteiger partial charge in [0, 0.05) is 31.0 Å². The second-order valence-corrected chi connectivity index (χ2v) is 4.48. The Balaban J connectivity index is 1.60. The van der Waals surface area contributed by atoms with Gasteiger partial charge in [-0.2, -0.15) is 0 Å². The first-order valence-corrected chi connectivity index (χ1v) is 6.88. The molecular formula is C16H17N3O3. The molecule has 2 N–H and O–H groups in total. The van der Waals surface area contributed by atoms with E-state index in [4.69, 9.17) is 4.74 Å². The molecule has 2 amide bonds. The number of nitrogens with one attached hydrogen (secondary N) is 2. The number of hydrogen-bond donors (Lipinski definition) is 2. The summed E-state index contributed by atoms with van der Waals surface area (Å²) in [6, 6.07) is 12.7. The summed E-state index contributed by atoms with van der Waals surface area (Å²) >= 11 is 0. The molecule has 0 atom stereocenters. The van der Waals surface area contributed by atoms with Gasteiger partial charge < -0.3 is 15.4 Å². The molecule has 114 valence electrons. The summed E-state index contributed by atoms with van der Waals surface area (Å²) in [6.45, 7) is 0.835. The Morgan fingerprint density at radius 3 is 2.36 bits per heavy atom. The molecule has 22 heavy (non-hydrogen) atoms. The average molecular weight is 299 g/mol. The van der Waals surface area contributed by atoms with Crippen LogP contribution in [0.2, 0.25) is 0 Å². The third-order valence-electron chi connectivity index (χ3n) is 2.84. The predicted molar refractivity (Wildman–Crippen MR) is 81.2 cm³/mol. The van der Waals surface area contributed by atoms with E-state index in [1.165, 1.54) is 0 Å². The molecule has 0 radical (unpaired) electrons. The molecule has 0 aliphatic rings. The lowest BCUT2D eigenvalue weighted by molar-refractivity contribution is 0.0951. The zero-order chi connectivity index (χ0) is 15.6. The average Bonchev–Trinajstić information content (AvgIpc) is 2.58. The molecule has 2 aromatic rings. The summed E-state index contributed by atoms with van der Waals surface area (Å²) in [5.41, 5.74) is 1.45. The van der Waals surface area contributed by atoms with Crippen LogP contribution in [0.1, 0.15) is 15.9 Å². The molecule has 6 nitrogen and oxygen atoms in total. The van der Waals surface area contributed by atoms with Gasteiger partial charge in [0.05, 0.1) is 0 Å². The van der Waals surface area contributed by atoms with Crippen molar-refractivity contribution in [3.63, 3.8) is 0 Å². The fourth-order valence-electron chi connectivity index (χ4n) is 1.72. The number of carbonyl (C=O) groups is 2. The van der Waals surface area contributed by atoms with Gasteiger partial charge >= 0.3 is 6.09 Å². The highest BCUT2D eigenvalue weighted by molar-refractivity contribution is 5.93. The molecule has 2 rings (SSSR count). The Morgan fingerprint density at radius 2 is 1.64 bits per heavy atom. The summed E-state index contributed by atoms with van der Waals surface area (Å²) in [5, 5.41) is 5.26. The Hall–Kier alpha value is -2.89. The van der Waals surface area contributed by atoms with Gasteiger partial charge in [0.15, 0.2) is 0 Å². The van der Waals surface area contributed by atoms with E-state index in [1.54, 1.807) is 24.5 Å². The van der Waals surface area contributed by atoms with Crippen molar-refractivity contribution in [3.8, 4) is 0 Å². The van der Waals surface area contributed by atoms with Crippen LogP contribution in [-0.4, -0.2) is 30.1 Å². The Kier molecular flexibility index (Phi) is 5.92. The van der Waals surface area contributed by atoms with E-state index in [2.05, 4.69) is 15.6 Å². The molecule has 0 aliphatic heterocycles. The maximum atomic E-state index is 11.7. The summed E-state index contributed by atoms with van der Waals surface area (Å²) in [6.07, 6.45) is 2.59. The van der Waals surface area contributed by atoms with Gasteiger partial charge in [-0.1, -0.05) is 30.3 Å². The minimum absolute atomic E-state index is 0.207. The smallest absolute Gasteiger partial charge is 0.407 e. The highest BCUT2D eigenvalue weighted by atomic mass is 16.5. The van der Waals surface area contributed by atoms with Crippen LogP contribution in [-0.2, 0) is 11.3 Å². The van der Waals surface area contributed by atoms with Crippen molar-refractivity contribution in [2.75, 3.05) is 13.1 Å². The first-order valence-electron chi connectivity index (χ1n) is 6.88. The monoisotopic (exact) mass is 299 g/mol. The molecule has 0 bridgehead atoms. The quantitative estimate of drug-likeness (QED) is 0.796. The summed E-state index contributed by atoms with van der Waals surface area (Å²) in [4.78, 5) is 27.0. The Bertz CT molecular complexity index is 603. The van der Waals surface area contributed by atoms with E-state index < -0.39 is 6.09 Å². The number of aromatic nitrogens is 1. The molecular weight excluding hydrogens is 282 g/mol. The molecule has 1 aromatic carbocycles. The van der Waals surface area contributed by atoms with Gasteiger partial charge in [0.2, 0.25) is 0 Å². The number of alkyl carbamates (subject to hydrolysis) is 1. The minimum atomic E-state index is -0.512. The largest absolute Gasteiger partial charge is 0.445 e. The summed E-state index contributed by atoms with van der Waals surface area (Å²) in [7, 11) is 0. The number of pyridine rings is 1. The fraction of sp³-hybridized carbons (Fsp3) is 0.188. The number of ether oxygens (including phenoxy) is 1. The number of rotatable bonds is 6. The number of hydrogen-bond acceptors (Lipinski definition) is 4. The molecule has 0 unspecified atom stereocenters. The minimum Gasteiger partial charge on any atom is -0.445 e. The standard InChI is InChI=1S/C16H17N3O3/c20-15(14-6-8-17-9-7-14)18-10-11-19-16(21)22-12-13-4-2-1-3-5-13/h1-9H,10-12H2,(H,18,20)(H,19,21). The van der Waals surface area contributed by atoms with E-state index >= 15 is 0 Å². The third kappa shape index (κ3) is 5.24. The zero-order valence-corrected chi connectivity index (χ0v) is 12.0. The van der Waals surface area contributed by atoms with Crippen LogP contribution in [0.3, 0.4) is 0 Å². The van der Waals surface area contributed by atoms with Crippen molar-refractivity contribution in [3.05, 3.63) is 66.0 Å². The molecule has 0 spiro atoms. The topological polar surface area (TPSA) is 80.3 Å². The normalized spacial score (nSPS) is 9.82. The Labute approximate surface area is 128 Å². The lowest BCUT2D eigenvalue weighted by atomic mass is 10.2. The van der Waals surface area contributed by atoms with Crippen molar-refractivity contribution in [2.24, 2.45) is 0 Å². The highest BCUT2D eigenvalue weighted by Gasteiger charge is 2.05. The van der Waals surface area contributed by atoms with Crippen molar-refractivity contribution in [1.82, 2.24) is 15.6 Å². The molecule has 1 aromatic heterocycles. The number of benzene rings is 1. The van der Waals surface area contributed by atoms with E-state index in [-0.39, 0.29) is 12.5 Å². The molecule has 0 fully saturated rings. The van der Waals surface area contributed by atoms with Crippen molar-refractivity contribution < 1.29 is 14.3 Å². The van der Waals surface area contributed by atoms with Crippen molar-refractivity contribution >= 4 is 12.0 Å². The second-order valence-electron chi connectivity index (χ2n) is 4.48. The van der Waals surface area contributed by atoms with Crippen LogP contribution in [0.25, 0.3) is 0 Å². The number of carbonyl (C=O) groups excluding carboxylic acids is 2. The van der Waals surface area contributed by atoms with Gasteiger partial charge in [0.25, 0.3) is 5.91 Å². The van der Waals surface area contributed by atoms with Gasteiger partial charge in [-0.25, -0.2) is 4.79 Å². The molecule has 0 aliphatic carbocycles. The first-order chi connectivity index (χ1) is 10.8. The van der Waals surface area contributed by atoms with Crippen molar-refractivity contribution in [2.45, 2.75) is 6.61 Å². The van der Waals surface area contributed by atoms with Gasteiger partial charge in [-0.05, 0) is 17.7 Å². The number of amides is 2. The van der Waals surface area contributed by atoms with Crippen LogP contribution >= 0.6 is 0 Å². The highest BCUT2D eigenvalue weighted by Crippen LogP contribution is 2.00.